The number of likely N-dealkylation sites (tertiary alicyclic amines) is 1. The van der Waals surface area contributed by atoms with Crippen LogP contribution in [0.3, 0.4) is 0 Å². The summed E-state index contributed by atoms with van der Waals surface area (Å²) < 4.78 is 31.9. The third kappa shape index (κ3) is 2.71. The lowest BCUT2D eigenvalue weighted by Gasteiger charge is -2.16. The number of hydrogen-bond donors (Lipinski definition) is 1. The molecule has 2 aliphatic heterocycles. The summed E-state index contributed by atoms with van der Waals surface area (Å²) >= 11 is 11.4. The summed E-state index contributed by atoms with van der Waals surface area (Å²) in [6.45, 7) is 4.02. The van der Waals surface area contributed by atoms with Crippen LogP contribution in [0.25, 0.3) is 0 Å². The normalized spacial score (nSPS) is 26.4. The molecule has 1 N–H and O–H groups in total. The van der Waals surface area contributed by atoms with Crippen LogP contribution >= 0.6 is 23.8 Å². The smallest absolute Gasteiger partial charge is 0.177 e. The largest absolute Gasteiger partial charge is 0.334 e. The lowest BCUT2D eigenvalue weighted by Crippen LogP contribution is -2.20. The zero-order valence-electron chi connectivity index (χ0n) is 15.0. The number of nitrogens with zero attached hydrogens (tertiary/aromatic N) is 2. The van der Waals surface area contributed by atoms with Crippen molar-refractivity contribution in [3.8, 4) is 0 Å². The minimum atomic E-state index is -0.615. The lowest BCUT2D eigenvalue weighted by molar-refractivity contribution is 0.333. The number of H-pyrrole nitrogens is 1. The first-order chi connectivity index (χ1) is 13.0. The molecule has 1 unspecified atom stereocenters. The van der Waals surface area contributed by atoms with Gasteiger partial charge in [-0.25, -0.2) is 8.78 Å². The van der Waals surface area contributed by atoms with E-state index in [-0.39, 0.29) is 16.5 Å². The average molecular weight is 410 g/mol. The highest BCUT2D eigenvalue weighted by Crippen LogP contribution is 2.67. The zero-order valence-corrected chi connectivity index (χ0v) is 16.6. The van der Waals surface area contributed by atoms with Gasteiger partial charge in [0.05, 0.1) is 5.02 Å². The Morgan fingerprint density at radius 2 is 2.04 bits per heavy atom. The fraction of sp³-hybridized carbons (Fsp3) is 0.550. The molecule has 3 heterocycles. The van der Waals surface area contributed by atoms with Crippen LogP contribution in [-0.2, 0) is 18.4 Å². The summed E-state index contributed by atoms with van der Waals surface area (Å²) in [5, 5.41) is -0.0148. The summed E-state index contributed by atoms with van der Waals surface area (Å²) in [6.07, 6.45) is 5.35. The van der Waals surface area contributed by atoms with Crippen LogP contribution in [0.1, 0.15) is 48.6 Å². The predicted molar refractivity (Wildman–Crippen MR) is 104 cm³/mol. The van der Waals surface area contributed by atoms with E-state index in [1.54, 1.807) is 0 Å². The van der Waals surface area contributed by atoms with Gasteiger partial charge < -0.3 is 14.5 Å². The van der Waals surface area contributed by atoms with Crippen molar-refractivity contribution in [1.82, 2.24) is 14.5 Å². The monoisotopic (exact) mass is 409 g/mol. The van der Waals surface area contributed by atoms with Crippen molar-refractivity contribution in [2.24, 2.45) is 0 Å². The maximum absolute atomic E-state index is 14.7. The molecule has 5 rings (SSSR count). The van der Waals surface area contributed by atoms with Crippen molar-refractivity contribution < 1.29 is 8.78 Å². The van der Waals surface area contributed by atoms with Gasteiger partial charge in [-0.2, -0.15) is 0 Å². The maximum Gasteiger partial charge on any atom is 0.177 e. The van der Waals surface area contributed by atoms with Gasteiger partial charge in [-0.05, 0) is 76.1 Å². The summed E-state index contributed by atoms with van der Waals surface area (Å²) in [4.78, 5) is 5.86. The summed E-state index contributed by atoms with van der Waals surface area (Å²) in [5.74, 6) is -0.999. The van der Waals surface area contributed by atoms with E-state index >= 15 is 0 Å². The van der Waals surface area contributed by atoms with Crippen LogP contribution in [-0.4, -0.2) is 34.1 Å². The van der Waals surface area contributed by atoms with Crippen LogP contribution < -0.4 is 0 Å². The molecular formula is C20H22ClF2N3S. The zero-order chi connectivity index (χ0) is 18.8. The average Bonchev–Trinajstić information content (AvgIpc) is 2.98. The Kier molecular flexibility index (Phi) is 4.22. The quantitative estimate of drug-likeness (QED) is 0.558. The lowest BCUT2D eigenvalue weighted by atomic mass is 9.92. The van der Waals surface area contributed by atoms with Gasteiger partial charge in [0.15, 0.2) is 4.77 Å². The molecule has 3 aliphatic rings. The second-order valence-corrected chi connectivity index (χ2v) is 8.96. The Balaban J connectivity index is 1.41. The predicted octanol–water partition coefficient (Wildman–Crippen LogP) is 4.94. The fourth-order valence-electron chi connectivity index (χ4n) is 5.22. The molecule has 1 saturated carbocycles. The van der Waals surface area contributed by atoms with Gasteiger partial charge in [-0.1, -0.05) is 11.6 Å². The van der Waals surface area contributed by atoms with E-state index in [4.69, 9.17) is 23.8 Å². The Morgan fingerprint density at radius 3 is 2.81 bits per heavy atom. The molecule has 27 heavy (non-hydrogen) atoms. The molecule has 1 saturated heterocycles. The Bertz CT molecular complexity index is 963. The standard InChI is InChI=1S/C20H22ClF2N3S/c21-13-5-6-14(22)16(17(13)23)20-10-12(20)18-15(24-19(27)26(18)11-20)4-3-9-25-7-1-2-8-25/h5-6,12H,1-4,7-11H2,(H,24,27)/t12?,20-/m0/s1. The molecule has 1 aliphatic carbocycles. The molecule has 0 amide bonds. The van der Waals surface area contributed by atoms with Crippen LogP contribution in [0.2, 0.25) is 5.02 Å². The second kappa shape index (κ2) is 6.39. The topological polar surface area (TPSA) is 24.0 Å². The van der Waals surface area contributed by atoms with Crippen molar-refractivity contribution >= 4 is 23.8 Å². The number of benzene rings is 1. The van der Waals surface area contributed by atoms with Crippen LogP contribution in [0.5, 0.6) is 0 Å². The number of halogens is 3. The number of hydrogen-bond acceptors (Lipinski definition) is 2. The first-order valence-electron chi connectivity index (χ1n) is 9.69. The summed E-state index contributed by atoms with van der Waals surface area (Å²) in [6, 6.07) is 2.56. The van der Waals surface area contributed by atoms with E-state index in [1.807, 2.05) is 0 Å². The number of aromatic amines is 1. The van der Waals surface area contributed by atoms with E-state index in [1.165, 1.54) is 38.1 Å². The van der Waals surface area contributed by atoms with E-state index in [9.17, 15) is 8.78 Å². The molecule has 144 valence electrons. The SMILES string of the molecule is Fc1ccc(Cl)c(F)c1[C@]12CC1c1c(CCCN3CCCC3)[nH]c(=S)n1C2. The highest BCUT2D eigenvalue weighted by atomic mass is 35.5. The van der Waals surface area contributed by atoms with Crippen LogP contribution in [0.4, 0.5) is 8.78 Å². The van der Waals surface area contributed by atoms with Crippen LogP contribution in [0.15, 0.2) is 12.1 Å². The molecule has 2 fully saturated rings. The van der Waals surface area contributed by atoms with Crippen molar-refractivity contribution in [2.75, 3.05) is 19.6 Å². The van der Waals surface area contributed by atoms with E-state index in [0.717, 1.165) is 37.2 Å². The number of imidazole rings is 1. The van der Waals surface area contributed by atoms with Gasteiger partial charge in [-0.3, -0.25) is 0 Å². The van der Waals surface area contributed by atoms with Crippen LogP contribution in [0, 0.1) is 16.4 Å². The van der Waals surface area contributed by atoms with Gasteiger partial charge in [0.2, 0.25) is 0 Å². The molecule has 0 spiro atoms. The van der Waals surface area contributed by atoms with E-state index in [2.05, 4.69) is 14.5 Å². The molecule has 7 heteroatoms. The molecular weight excluding hydrogens is 388 g/mol. The highest BCUT2D eigenvalue weighted by Gasteiger charge is 2.64. The van der Waals surface area contributed by atoms with Crippen molar-refractivity contribution in [2.45, 2.75) is 50.0 Å². The van der Waals surface area contributed by atoms with Gasteiger partial charge >= 0.3 is 0 Å². The van der Waals surface area contributed by atoms with E-state index < -0.39 is 17.0 Å². The van der Waals surface area contributed by atoms with Gasteiger partial charge in [0.1, 0.15) is 11.6 Å². The number of fused-ring (bicyclic) bond motifs is 3. The molecule has 0 bridgehead atoms. The first kappa shape index (κ1) is 17.8. The molecule has 0 radical (unpaired) electrons. The fourth-order valence-corrected chi connectivity index (χ4v) is 5.67. The van der Waals surface area contributed by atoms with Gasteiger partial charge in [0, 0.05) is 34.8 Å². The molecule has 2 aromatic rings. The number of aromatic nitrogens is 2. The Morgan fingerprint density at radius 1 is 1.26 bits per heavy atom. The van der Waals surface area contributed by atoms with Gasteiger partial charge in [0.25, 0.3) is 0 Å². The van der Waals surface area contributed by atoms with Gasteiger partial charge in [-0.15, -0.1) is 0 Å². The summed E-state index contributed by atoms with van der Waals surface area (Å²) in [7, 11) is 0. The Hall–Kier alpha value is -1.24. The van der Waals surface area contributed by atoms with Crippen molar-refractivity contribution in [1.29, 1.82) is 0 Å². The Labute approximate surface area is 167 Å². The minimum absolute atomic E-state index is 0.0148. The first-order valence-corrected chi connectivity index (χ1v) is 10.5. The van der Waals surface area contributed by atoms with Crippen molar-refractivity contribution in [3.05, 3.63) is 50.5 Å². The third-order valence-corrected chi connectivity index (χ3v) is 7.20. The number of nitrogens with one attached hydrogen (secondary N) is 1. The highest BCUT2D eigenvalue weighted by molar-refractivity contribution is 7.71. The number of aryl methyl sites for hydroxylation is 1. The third-order valence-electron chi connectivity index (χ3n) is 6.59. The maximum atomic E-state index is 14.7. The minimum Gasteiger partial charge on any atom is -0.334 e. The molecule has 1 aromatic heterocycles. The molecule has 1 aromatic carbocycles. The molecule has 2 atom stereocenters. The van der Waals surface area contributed by atoms with Crippen molar-refractivity contribution in [3.63, 3.8) is 0 Å². The summed E-state index contributed by atoms with van der Waals surface area (Å²) in [5.41, 5.74) is 1.91. The van der Waals surface area contributed by atoms with E-state index in [0.29, 0.717) is 11.3 Å². The molecule has 3 nitrogen and oxygen atoms in total. The second-order valence-electron chi connectivity index (χ2n) is 8.16. The number of rotatable bonds is 5.